The van der Waals surface area contributed by atoms with Gasteiger partial charge in [-0.15, -0.1) is 11.3 Å². The molecule has 0 aliphatic carbocycles. The van der Waals surface area contributed by atoms with Gasteiger partial charge in [0.05, 0.1) is 12.5 Å². The van der Waals surface area contributed by atoms with Gasteiger partial charge < -0.3 is 10.1 Å². The summed E-state index contributed by atoms with van der Waals surface area (Å²) in [6.07, 6.45) is 4.73. The van der Waals surface area contributed by atoms with Crippen LogP contribution in [0.3, 0.4) is 0 Å². The number of aromatic nitrogens is 1. The average Bonchev–Trinajstić information content (AvgIpc) is 3.11. The van der Waals surface area contributed by atoms with Crippen molar-refractivity contribution in [3.63, 3.8) is 0 Å². The first-order valence-electron chi connectivity index (χ1n) is 6.66. The van der Waals surface area contributed by atoms with E-state index in [4.69, 9.17) is 4.74 Å². The molecule has 2 aromatic heterocycles. The van der Waals surface area contributed by atoms with Crippen LogP contribution in [0.15, 0.2) is 42.0 Å². The number of pyridine rings is 1. The second-order valence-corrected chi connectivity index (χ2v) is 5.83. The first-order valence-corrected chi connectivity index (χ1v) is 7.54. The third-order valence-electron chi connectivity index (χ3n) is 3.37. The topological polar surface area (TPSA) is 51.2 Å². The van der Waals surface area contributed by atoms with Gasteiger partial charge in [-0.1, -0.05) is 12.1 Å². The second kappa shape index (κ2) is 6.15. The van der Waals surface area contributed by atoms with Gasteiger partial charge in [0.1, 0.15) is 6.10 Å². The van der Waals surface area contributed by atoms with Crippen molar-refractivity contribution in [1.29, 1.82) is 0 Å². The Kier molecular flexibility index (Phi) is 4.08. The molecule has 2 aromatic rings. The highest BCUT2D eigenvalue weighted by Crippen LogP contribution is 2.28. The summed E-state index contributed by atoms with van der Waals surface area (Å²) in [6, 6.07) is 7.85. The van der Waals surface area contributed by atoms with Crippen LogP contribution in [0.4, 0.5) is 0 Å². The third-order valence-corrected chi connectivity index (χ3v) is 4.24. The number of carbonyl (C=O) groups is 1. The van der Waals surface area contributed by atoms with Gasteiger partial charge in [-0.25, -0.2) is 0 Å². The number of nitrogens with one attached hydrogen (secondary N) is 1. The van der Waals surface area contributed by atoms with Crippen molar-refractivity contribution in [2.45, 2.75) is 25.0 Å². The second-order valence-electron chi connectivity index (χ2n) is 4.80. The summed E-state index contributed by atoms with van der Waals surface area (Å²) in [5, 5.41) is 5.07. The summed E-state index contributed by atoms with van der Waals surface area (Å²) in [4.78, 5) is 17.3. The third kappa shape index (κ3) is 3.05. The molecule has 1 fully saturated rings. The largest absolute Gasteiger partial charge is 0.371 e. The number of hydrogen-bond acceptors (Lipinski definition) is 4. The maximum absolute atomic E-state index is 12.1. The summed E-state index contributed by atoms with van der Waals surface area (Å²) < 4.78 is 5.74. The Labute approximate surface area is 121 Å². The van der Waals surface area contributed by atoms with E-state index in [1.807, 2.05) is 29.6 Å². The van der Waals surface area contributed by atoms with Crippen LogP contribution in [0.1, 0.15) is 23.0 Å². The van der Waals surface area contributed by atoms with Crippen molar-refractivity contribution < 1.29 is 9.53 Å². The summed E-state index contributed by atoms with van der Waals surface area (Å²) in [6.45, 7) is 0.670. The smallest absolute Gasteiger partial charge is 0.225 e. The zero-order valence-corrected chi connectivity index (χ0v) is 11.8. The number of thiophene rings is 1. The predicted octanol–water partition coefficient (Wildman–Crippen LogP) is 2.33. The van der Waals surface area contributed by atoms with Crippen LogP contribution >= 0.6 is 11.3 Å². The van der Waals surface area contributed by atoms with E-state index in [2.05, 4.69) is 10.3 Å². The number of carbonyl (C=O) groups excluding carboxylic acids is 1. The normalized spacial score (nSPS) is 21.8. The van der Waals surface area contributed by atoms with Crippen LogP contribution in [0.2, 0.25) is 0 Å². The summed E-state index contributed by atoms with van der Waals surface area (Å²) in [7, 11) is 0. The highest BCUT2D eigenvalue weighted by molar-refractivity contribution is 7.10. The van der Waals surface area contributed by atoms with E-state index in [-0.39, 0.29) is 18.1 Å². The van der Waals surface area contributed by atoms with Gasteiger partial charge in [0.15, 0.2) is 0 Å². The number of amides is 1. The molecule has 1 aliphatic heterocycles. The van der Waals surface area contributed by atoms with E-state index in [9.17, 15) is 4.79 Å². The zero-order valence-electron chi connectivity index (χ0n) is 11.0. The number of ether oxygens (including phenoxy) is 1. The highest BCUT2D eigenvalue weighted by Gasteiger charge is 2.30. The Morgan fingerprint density at radius 2 is 2.40 bits per heavy atom. The minimum absolute atomic E-state index is 0.0339. The van der Waals surface area contributed by atoms with E-state index in [0.717, 1.165) is 16.9 Å². The van der Waals surface area contributed by atoms with E-state index in [1.165, 1.54) is 0 Å². The van der Waals surface area contributed by atoms with Crippen LogP contribution in [-0.4, -0.2) is 23.5 Å². The fourth-order valence-corrected chi connectivity index (χ4v) is 3.14. The molecule has 1 saturated heterocycles. The molecule has 20 heavy (non-hydrogen) atoms. The van der Waals surface area contributed by atoms with Crippen molar-refractivity contribution in [2.75, 3.05) is 6.61 Å². The Bertz CT molecular complexity index is 557. The number of rotatable bonds is 4. The zero-order chi connectivity index (χ0) is 13.8. The van der Waals surface area contributed by atoms with Gasteiger partial charge in [0.2, 0.25) is 5.91 Å². The van der Waals surface area contributed by atoms with Crippen LogP contribution in [0, 0.1) is 0 Å². The molecule has 1 aliphatic rings. The quantitative estimate of drug-likeness (QED) is 0.939. The van der Waals surface area contributed by atoms with Gasteiger partial charge in [-0.3, -0.25) is 9.78 Å². The van der Waals surface area contributed by atoms with Crippen LogP contribution in [0.25, 0.3) is 0 Å². The summed E-state index contributed by atoms with van der Waals surface area (Å²) in [5.41, 5.74) is 1.02. The van der Waals surface area contributed by atoms with Gasteiger partial charge in [0.25, 0.3) is 0 Å². The van der Waals surface area contributed by atoms with Crippen LogP contribution in [0.5, 0.6) is 0 Å². The number of nitrogens with zero attached hydrogens (tertiary/aromatic N) is 1. The van der Waals surface area contributed by atoms with Crippen molar-refractivity contribution >= 4 is 17.2 Å². The van der Waals surface area contributed by atoms with E-state index in [1.54, 1.807) is 23.7 Å². The van der Waals surface area contributed by atoms with E-state index >= 15 is 0 Å². The molecule has 4 nitrogen and oxygen atoms in total. The Balaban J connectivity index is 1.63. The van der Waals surface area contributed by atoms with Crippen LogP contribution < -0.4 is 5.32 Å². The molecule has 0 saturated carbocycles. The lowest BCUT2D eigenvalue weighted by Crippen LogP contribution is -2.37. The first kappa shape index (κ1) is 13.3. The molecule has 0 bridgehead atoms. The van der Waals surface area contributed by atoms with E-state index in [0.29, 0.717) is 13.0 Å². The molecule has 2 atom stereocenters. The molecular formula is C15H16N2O2S. The SMILES string of the molecule is O=C(Cc1cccs1)N[C@H]1CCO[C@@H]1c1cccnc1. The molecule has 1 N–H and O–H groups in total. The highest BCUT2D eigenvalue weighted by atomic mass is 32.1. The van der Waals surface area contributed by atoms with Gasteiger partial charge >= 0.3 is 0 Å². The first-order chi connectivity index (χ1) is 9.83. The maximum Gasteiger partial charge on any atom is 0.225 e. The Hall–Kier alpha value is -1.72. The fraction of sp³-hybridized carbons (Fsp3) is 0.333. The lowest BCUT2D eigenvalue weighted by Gasteiger charge is -2.19. The molecular weight excluding hydrogens is 272 g/mol. The minimum Gasteiger partial charge on any atom is -0.371 e. The molecule has 3 rings (SSSR count). The molecule has 5 heteroatoms. The molecule has 3 heterocycles. The Morgan fingerprint density at radius 3 is 3.15 bits per heavy atom. The van der Waals surface area contributed by atoms with Gasteiger partial charge in [0, 0.05) is 29.4 Å². The van der Waals surface area contributed by atoms with Gasteiger partial charge in [-0.2, -0.15) is 0 Å². The monoisotopic (exact) mass is 288 g/mol. The lowest BCUT2D eigenvalue weighted by molar-refractivity contribution is -0.121. The lowest BCUT2D eigenvalue weighted by atomic mass is 10.0. The molecule has 1 amide bonds. The molecule has 0 aromatic carbocycles. The predicted molar refractivity (Wildman–Crippen MR) is 77.5 cm³/mol. The maximum atomic E-state index is 12.1. The Morgan fingerprint density at radius 1 is 1.45 bits per heavy atom. The van der Waals surface area contributed by atoms with Gasteiger partial charge in [-0.05, 0) is 23.9 Å². The standard InChI is InChI=1S/C15H16N2O2S/c18-14(9-12-4-2-8-20-12)17-13-5-7-19-15(13)11-3-1-6-16-10-11/h1-4,6,8,10,13,15H,5,7,9H2,(H,17,18)/t13-,15+/m0/s1. The molecule has 104 valence electrons. The number of hydrogen-bond donors (Lipinski definition) is 1. The van der Waals surface area contributed by atoms with Crippen molar-refractivity contribution in [1.82, 2.24) is 10.3 Å². The molecule has 0 unspecified atom stereocenters. The van der Waals surface area contributed by atoms with Crippen molar-refractivity contribution in [3.05, 3.63) is 52.5 Å². The molecule has 0 spiro atoms. The van der Waals surface area contributed by atoms with E-state index < -0.39 is 0 Å². The summed E-state index contributed by atoms with van der Waals surface area (Å²) in [5.74, 6) is 0.0526. The minimum atomic E-state index is -0.0871. The summed E-state index contributed by atoms with van der Waals surface area (Å²) >= 11 is 1.60. The fourth-order valence-electron chi connectivity index (χ4n) is 2.44. The molecule has 0 radical (unpaired) electrons. The van der Waals surface area contributed by atoms with Crippen molar-refractivity contribution in [2.24, 2.45) is 0 Å². The van der Waals surface area contributed by atoms with Crippen LogP contribution in [-0.2, 0) is 16.0 Å². The van der Waals surface area contributed by atoms with Crippen molar-refractivity contribution in [3.8, 4) is 0 Å². The average molecular weight is 288 g/mol.